The summed E-state index contributed by atoms with van der Waals surface area (Å²) in [6.45, 7) is 0.235. The van der Waals surface area contributed by atoms with E-state index in [1.165, 1.54) is 6.08 Å². The third kappa shape index (κ3) is 3.70. The van der Waals surface area contributed by atoms with Crippen LogP contribution in [0.3, 0.4) is 0 Å². The average Bonchev–Trinajstić information content (AvgIpc) is 3.08. The van der Waals surface area contributed by atoms with Crippen molar-refractivity contribution < 1.29 is 9.66 Å². The van der Waals surface area contributed by atoms with Gasteiger partial charge in [-0.25, -0.2) is 4.68 Å². The Hall–Kier alpha value is -2.80. The van der Waals surface area contributed by atoms with Crippen molar-refractivity contribution in [3.05, 3.63) is 82.3 Å². The van der Waals surface area contributed by atoms with Crippen molar-refractivity contribution in [2.24, 2.45) is 0 Å². The van der Waals surface area contributed by atoms with Crippen molar-refractivity contribution in [2.75, 3.05) is 0 Å². The molecule has 1 heterocycles. The van der Waals surface area contributed by atoms with Crippen LogP contribution in [0.25, 0.3) is 0 Å². The highest BCUT2D eigenvalue weighted by molar-refractivity contribution is 5.27. The quantitative estimate of drug-likeness (QED) is 0.604. The maximum Gasteiger partial charge on any atom is 0.265 e. The van der Waals surface area contributed by atoms with Gasteiger partial charge in [-0.15, -0.1) is 5.10 Å². The summed E-state index contributed by atoms with van der Waals surface area (Å²) in [4.78, 5) is 10.5. The van der Waals surface area contributed by atoms with Gasteiger partial charge in [0.25, 0.3) is 5.70 Å². The molecule has 118 valence electrons. The van der Waals surface area contributed by atoms with Crippen molar-refractivity contribution in [1.82, 2.24) is 15.0 Å². The van der Waals surface area contributed by atoms with Gasteiger partial charge < -0.3 is 4.74 Å². The summed E-state index contributed by atoms with van der Waals surface area (Å²) in [6, 6.07) is 9.91. The first-order chi connectivity index (χ1) is 11.2. The van der Waals surface area contributed by atoms with Gasteiger partial charge in [-0.3, -0.25) is 10.1 Å². The zero-order chi connectivity index (χ0) is 16.1. The molecule has 23 heavy (non-hydrogen) atoms. The second-order valence-corrected chi connectivity index (χ2v) is 5.37. The van der Waals surface area contributed by atoms with Crippen LogP contribution in [0.2, 0.25) is 0 Å². The first-order valence-corrected chi connectivity index (χ1v) is 7.23. The van der Waals surface area contributed by atoms with Crippen LogP contribution in [0.5, 0.6) is 0 Å². The molecule has 0 bridgehead atoms. The molecule has 7 heteroatoms. The molecular weight excluding hydrogens is 296 g/mol. The molecule has 0 fully saturated rings. The van der Waals surface area contributed by atoms with Crippen LogP contribution in [0, 0.1) is 10.1 Å². The zero-order valence-electron chi connectivity index (χ0n) is 12.4. The van der Waals surface area contributed by atoms with Gasteiger partial charge in [0.1, 0.15) is 6.73 Å². The molecule has 1 aromatic carbocycles. The van der Waals surface area contributed by atoms with Crippen molar-refractivity contribution in [1.29, 1.82) is 0 Å². The Morgan fingerprint density at radius 3 is 2.78 bits per heavy atom. The van der Waals surface area contributed by atoms with Gasteiger partial charge >= 0.3 is 0 Å². The lowest BCUT2D eigenvalue weighted by atomic mass is 9.87. The predicted molar refractivity (Wildman–Crippen MR) is 82.8 cm³/mol. The number of benzene rings is 1. The molecule has 3 rings (SSSR count). The number of aromatic nitrogens is 3. The van der Waals surface area contributed by atoms with Crippen LogP contribution in [-0.4, -0.2) is 25.5 Å². The van der Waals surface area contributed by atoms with Crippen LogP contribution in [0.4, 0.5) is 0 Å². The van der Waals surface area contributed by atoms with E-state index in [9.17, 15) is 10.1 Å². The molecule has 1 unspecified atom stereocenters. The highest BCUT2D eigenvalue weighted by Gasteiger charge is 2.32. The fourth-order valence-corrected chi connectivity index (χ4v) is 2.51. The zero-order valence-corrected chi connectivity index (χ0v) is 12.4. The molecule has 0 N–H and O–H groups in total. The van der Waals surface area contributed by atoms with Gasteiger partial charge in [-0.05, 0) is 17.7 Å². The van der Waals surface area contributed by atoms with Crippen LogP contribution in [0.1, 0.15) is 12.0 Å². The van der Waals surface area contributed by atoms with Gasteiger partial charge in [0.15, 0.2) is 0 Å². The summed E-state index contributed by atoms with van der Waals surface area (Å²) in [7, 11) is 0. The van der Waals surface area contributed by atoms with E-state index in [1.807, 2.05) is 30.3 Å². The number of nitrogens with zero attached hydrogens (tertiary/aromatic N) is 4. The van der Waals surface area contributed by atoms with E-state index in [0.717, 1.165) is 5.56 Å². The summed E-state index contributed by atoms with van der Waals surface area (Å²) < 4.78 is 7.63. The van der Waals surface area contributed by atoms with E-state index in [-0.39, 0.29) is 17.4 Å². The second-order valence-electron chi connectivity index (χ2n) is 5.37. The predicted octanol–water partition coefficient (Wildman–Crippen LogP) is 2.35. The largest absolute Gasteiger partial charge is 0.348 e. The number of rotatable bonds is 6. The van der Waals surface area contributed by atoms with Gasteiger partial charge in [0, 0.05) is 25.1 Å². The fourth-order valence-electron chi connectivity index (χ4n) is 2.51. The average molecular weight is 312 g/mol. The van der Waals surface area contributed by atoms with Crippen LogP contribution < -0.4 is 0 Å². The molecule has 0 saturated heterocycles. The van der Waals surface area contributed by atoms with E-state index in [4.69, 9.17) is 4.74 Å². The van der Waals surface area contributed by atoms with Gasteiger partial charge in [0.2, 0.25) is 0 Å². The number of hydrogen-bond acceptors (Lipinski definition) is 5. The number of allylic oxidation sites excluding steroid dienone is 1. The van der Waals surface area contributed by atoms with Crippen molar-refractivity contribution >= 4 is 0 Å². The molecule has 0 spiro atoms. The Kier molecular flexibility index (Phi) is 4.29. The molecule has 1 aliphatic carbocycles. The minimum Gasteiger partial charge on any atom is -0.348 e. The first-order valence-electron chi connectivity index (χ1n) is 7.23. The highest BCUT2D eigenvalue weighted by Crippen LogP contribution is 2.29. The molecule has 1 atom stereocenters. The standard InChI is InChI=1S/C16H16N4O3/c21-20(22)15-6-8-16(9-7-15,12-14-4-2-1-3-5-14)23-13-19-11-10-17-18-19/h1-8,10-11H,9,12-13H2. The van der Waals surface area contributed by atoms with Crippen LogP contribution >= 0.6 is 0 Å². The Bertz CT molecular complexity index is 725. The van der Waals surface area contributed by atoms with Crippen molar-refractivity contribution in [2.45, 2.75) is 25.2 Å². The summed E-state index contributed by atoms with van der Waals surface area (Å²) in [5.74, 6) is 0. The smallest absolute Gasteiger partial charge is 0.265 e. The maximum atomic E-state index is 10.9. The van der Waals surface area contributed by atoms with E-state index >= 15 is 0 Å². The SMILES string of the molecule is O=[N+]([O-])C1=CCC(Cc2ccccc2)(OCn2ccnn2)C=C1. The topological polar surface area (TPSA) is 83.1 Å². The third-order valence-corrected chi connectivity index (χ3v) is 3.73. The molecule has 1 aliphatic rings. The van der Waals surface area contributed by atoms with Crippen LogP contribution in [0.15, 0.2) is 66.7 Å². The van der Waals surface area contributed by atoms with Crippen LogP contribution in [-0.2, 0) is 17.9 Å². The Labute approximate surface area is 133 Å². The highest BCUT2D eigenvalue weighted by atomic mass is 16.6. The normalized spacial score (nSPS) is 20.3. The Morgan fingerprint density at radius 1 is 1.35 bits per heavy atom. The van der Waals surface area contributed by atoms with Gasteiger partial charge in [-0.1, -0.05) is 35.5 Å². The van der Waals surface area contributed by atoms with E-state index < -0.39 is 5.60 Å². The lowest BCUT2D eigenvalue weighted by molar-refractivity contribution is -0.419. The molecule has 0 amide bonds. The Morgan fingerprint density at radius 2 is 2.17 bits per heavy atom. The van der Waals surface area contributed by atoms with E-state index in [0.29, 0.717) is 12.8 Å². The number of ether oxygens (including phenoxy) is 1. The molecule has 2 aromatic rings. The summed E-state index contributed by atoms with van der Waals surface area (Å²) in [5.41, 5.74) is 0.569. The van der Waals surface area contributed by atoms with E-state index in [1.54, 1.807) is 29.2 Å². The summed E-state index contributed by atoms with van der Waals surface area (Å²) in [5, 5.41) is 18.5. The van der Waals surface area contributed by atoms with Gasteiger partial charge in [0.05, 0.1) is 16.7 Å². The molecular formula is C16H16N4O3. The maximum absolute atomic E-state index is 10.9. The molecule has 7 nitrogen and oxygen atoms in total. The van der Waals surface area contributed by atoms with Gasteiger partial charge in [-0.2, -0.15) is 0 Å². The molecule has 1 aromatic heterocycles. The lowest BCUT2D eigenvalue weighted by Gasteiger charge is -2.31. The first kappa shape index (κ1) is 15.1. The summed E-state index contributed by atoms with van der Waals surface area (Å²) in [6.07, 6.45) is 9.23. The van der Waals surface area contributed by atoms with Crippen molar-refractivity contribution in [3.63, 3.8) is 0 Å². The Balaban J connectivity index is 1.79. The van der Waals surface area contributed by atoms with E-state index in [2.05, 4.69) is 10.3 Å². The monoisotopic (exact) mass is 312 g/mol. The third-order valence-electron chi connectivity index (χ3n) is 3.73. The molecule has 0 radical (unpaired) electrons. The fraction of sp³-hybridized carbons (Fsp3) is 0.250. The van der Waals surface area contributed by atoms with Crippen molar-refractivity contribution in [3.8, 4) is 0 Å². The molecule has 0 saturated carbocycles. The number of nitro groups is 1. The number of hydrogen-bond donors (Lipinski definition) is 0. The summed E-state index contributed by atoms with van der Waals surface area (Å²) >= 11 is 0. The minimum atomic E-state index is -0.632. The minimum absolute atomic E-state index is 0.0954. The second kappa shape index (κ2) is 6.53. The molecule has 0 aliphatic heterocycles. The lowest BCUT2D eigenvalue weighted by Crippen LogP contribution is -2.35.